The third kappa shape index (κ3) is 5.77. The summed E-state index contributed by atoms with van der Waals surface area (Å²) in [6, 6.07) is 3.95. The minimum atomic E-state index is 0.0507. The van der Waals surface area contributed by atoms with E-state index in [1.807, 2.05) is 37.6 Å². The molecule has 0 saturated carbocycles. The van der Waals surface area contributed by atoms with E-state index >= 15 is 0 Å². The second-order valence-corrected chi connectivity index (χ2v) is 9.44. The second-order valence-electron chi connectivity index (χ2n) is 7.72. The van der Waals surface area contributed by atoms with Crippen LogP contribution in [-0.4, -0.2) is 48.4 Å². The van der Waals surface area contributed by atoms with Crippen LogP contribution in [0.2, 0.25) is 0 Å². The summed E-state index contributed by atoms with van der Waals surface area (Å²) in [5.74, 6) is 1.97. The van der Waals surface area contributed by atoms with E-state index in [-0.39, 0.29) is 5.91 Å². The molecule has 0 aliphatic heterocycles. The molecule has 4 rings (SSSR count). The zero-order valence-electron chi connectivity index (χ0n) is 19.0. The van der Waals surface area contributed by atoms with Gasteiger partial charge in [0.15, 0.2) is 0 Å². The Kier molecular flexibility index (Phi) is 7.71. The fraction of sp³-hybridized carbons (Fsp3) is 0.455. The standard InChI is InChI=1S/C22H27N7O2S2/c1-14-16(15(2)29-21(24-14)26-22(27-29)32-3)10-11-18(30)23-12-6-4-5-9-19-25-20(28-31-19)17-8-7-13-33-17/h7-8,13H,4-6,9-12H2,1-3H3,(H,23,30). The van der Waals surface area contributed by atoms with Crippen molar-refractivity contribution in [3.63, 3.8) is 0 Å². The Labute approximate surface area is 200 Å². The van der Waals surface area contributed by atoms with Crippen molar-refractivity contribution in [1.29, 1.82) is 0 Å². The van der Waals surface area contributed by atoms with Gasteiger partial charge >= 0.3 is 0 Å². The normalized spacial score (nSPS) is 11.4. The van der Waals surface area contributed by atoms with E-state index in [0.29, 0.717) is 42.0 Å². The molecule has 1 amide bonds. The molecule has 0 atom stereocenters. The molecular formula is C22H27N7O2S2. The minimum Gasteiger partial charge on any atom is -0.356 e. The van der Waals surface area contributed by atoms with E-state index in [1.165, 1.54) is 11.8 Å². The van der Waals surface area contributed by atoms with Crippen LogP contribution in [0, 0.1) is 13.8 Å². The van der Waals surface area contributed by atoms with Gasteiger partial charge in [0.05, 0.1) is 4.88 Å². The highest BCUT2D eigenvalue weighted by Gasteiger charge is 2.14. The number of thiophene rings is 1. The van der Waals surface area contributed by atoms with Crippen LogP contribution in [0.3, 0.4) is 0 Å². The molecule has 4 aromatic heterocycles. The highest BCUT2D eigenvalue weighted by atomic mass is 32.2. The number of aryl methyl sites for hydroxylation is 3. The van der Waals surface area contributed by atoms with Gasteiger partial charge in [0, 0.05) is 30.8 Å². The predicted molar refractivity (Wildman–Crippen MR) is 129 cm³/mol. The van der Waals surface area contributed by atoms with Crippen molar-refractivity contribution in [2.75, 3.05) is 12.8 Å². The largest absolute Gasteiger partial charge is 0.356 e. The SMILES string of the molecule is CSc1nc2nc(C)c(CCC(=O)NCCCCCc3nc(-c4cccs4)no3)c(C)n2n1. The lowest BCUT2D eigenvalue weighted by Crippen LogP contribution is -2.25. The van der Waals surface area contributed by atoms with Crippen molar-refractivity contribution in [3.8, 4) is 10.7 Å². The van der Waals surface area contributed by atoms with Gasteiger partial charge in [0.2, 0.25) is 22.8 Å². The number of carbonyl (C=O) groups is 1. The van der Waals surface area contributed by atoms with Gasteiger partial charge in [-0.2, -0.15) is 9.97 Å². The summed E-state index contributed by atoms with van der Waals surface area (Å²) in [5.41, 5.74) is 2.94. The molecule has 4 aromatic rings. The second kappa shape index (κ2) is 10.9. The van der Waals surface area contributed by atoms with Crippen LogP contribution in [0.15, 0.2) is 27.2 Å². The van der Waals surface area contributed by atoms with Crippen molar-refractivity contribution in [1.82, 2.24) is 35.0 Å². The summed E-state index contributed by atoms with van der Waals surface area (Å²) in [6.07, 6.45) is 6.59. The van der Waals surface area contributed by atoms with Gasteiger partial charge in [-0.05, 0) is 56.4 Å². The number of carbonyl (C=O) groups excluding carboxylic acids is 1. The number of unbranched alkanes of at least 4 members (excludes halogenated alkanes) is 2. The smallest absolute Gasteiger partial charge is 0.253 e. The number of amides is 1. The molecule has 0 aromatic carbocycles. The lowest BCUT2D eigenvalue weighted by atomic mass is 10.1. The summed E-state index contributed by atoms with van der Waals surface area (Å²) in [5, 5.41) is 14.2. The lowest BCUT2D eigenvalue weighted by Gasteiger charge is -2.10. The molecule has 0 fully saturated rings. The Morgan fingerprint density at radius 2 is 2.06 bits per heavy atom. The van der Waals surface area contributed by atoms with Crippen molar-refractivity contribution >= 4 is 34.8 Å². The third-order valence-electron chi connectivity index (χ3n) is 5.41. The molecule has 0 bridgehead atoms. The number of fused-ring (bicyclic) bond motifs is 1. The Bertz CT molecular complexity index is 1220. The average molecular weight is 486 g/mol. The molecule has 33 heavy (non-hydrogen) atoms. The number of nitrogens with one attached hydrogen (secondary N) is 1. The van der Waals surface area contributed by atoms with Crippen molar-refractivity contribution in [3.05, 3.63) is 40.4 Å². The molecule has 0 radical (unpaired) electrons. The van der Waals surface area contributed by atoms with E-state index in [4.69, 9.17) is 4.52 Å². The maximum atomic E-state index is 12.3. The fourth-order valence-corrected chi connectivity index (χ4v) is 4.62. The zero-order chi connectivity index (χ0) is 23.2. The quantitative estimate of drug-likeness (QED) is 0.250. The van der Waals surface area contributed by atoms with Crippen LogP contribution >= 0.6 is 23.1 Å². The first-order chi connectivity index (χ1) is 16.0. The Morgan fingerprint density at radius 1 is 1.18 bits per heavy atom. The van der Waals surface area contributed by atoms with Gasteiger partial charge in [-0.25, -0.2) is 9.50 Å². The number of thioether (sulfide) groups is 1. The van der Waals surface area contributed by atoms with Gasteiger partial charge in [0.25, 0.3) is 5.78 Å². The molecule has 174 valence electrons. The van der Waals surface area contributed by atoms with E-state index in [1.54, 1.807) is 15.9 Å². The molecule has 0 aliphatic rings. The van der Waals surface area contributed by atoms with Crippen molar-refractivity contribution in [2.45, 2.75) is 57.5 Å². The number of hydrogen-bond acceptors (Lipinski definition) is 9. The highest BCUT2D eigenvalue weighted by Crippen LogP contribution is 2.22. The monoisotopic (exact) mass is 485 g/mol. The summed E-state index contributed by atoms with van der Waals surface area (Å²) < 4.78 is 7.08. The first-order valence-electron chi connectivity index (χ1n) is 10.9. The minimum absolute atomic E-state index is 0.0507. The summed E-state index contributed by atoms with van der Waals surface area (Å²) in [4.78, 5) is 26.7. The Balaban J connectivity index is 1.16. The van der Waals surface area contributed by atoms with E-state index in [2.05, 4.69) is 30.5 Å². The zero-order valence-corrected chi connectivity index (χ0v) is 20.6. The molecule has 0 aliphatic carbocycles. The van der Waals surface area contributed by atoms with Gasteiger partial charge in [-0.15, -0.1) is 16.4 Å². The number of nitrogens with zero attached hydrogens (tertiary/aromatic N) is 6. The third-order valence-corrected chi connectivity index (χ3v) is 6.82. The number of hydrogen-bond donors (Lipinski definition) is 1. The molecule has 1 N–H and O–H groups in total. The first kappa shape index (κ1) is 23.4. The molecule has 9 nitrogen and oxygen atoms in total. The van der Waals surface area contributed by atoms with Crippen molar-refractivity contribution in [2.24, 2.45) is 0 Å². The molecule has 4 heterocycles. The average Bonchev–Trinajstić information content (AvgIpc) is 3.56. The topological polar surface area (TPSA) is 111 Å². The van der Waals surface area contributed by atoms with E-state index in [0.717, 1.165) is 47.5 Å². The van der Waals surface area contributed by atoms with Crippen LogP contribution in [0.4, 0.5) is 0 Å². The van der Waals surface area contributed by atoms with Gasteiger partial charge < -0.3 is 9.84 Å². The van der Waals surface area contributed by atoms with Crippen LogP contribution in [0.5, 0.6) is 0 Å². The summed E-state index contributed by atoms with van der Waals surface area (Å²) >= 11 is 3.08. The van der Waals surface area contributed by atoms with Crippen molar-refractivity contribution < 1.29 is 9.32 Å². The molecule has 11 heteroatoms. The molecular weight excluding hydrogens is 458 g/mol. The highest BCUT2D eigenvalue weighted by molar-refractivity contribution is 7.98. The van der Waals surface area contributed by atoms with Crippen LogP contribution in [0.25, 0.3) is 16.5 Å². The fourth-order valence-electron chi connectivity index (χ4n) is 3.63. The summed E-state index contributed by atoms with van der Waals surface area (Å²) in [7, 11) is 0. The van der Waals surface area contributed by atoms with E-state index < -0.39 is 0 Å². The van der Waals surface area contributed by atoms with E-state index in [9.17, 15) is 4.79 Å². The van der Waals surface area contributed by atoms with Gasteiger partial charge in [-0.1, -0.05) is 29.4 Å². The Hall–Kier alpha value is -2.79. The number of aromatic nitrogens is 6. The van der Waals surface area contributed by atoms with Gasteiger partial charge in [0.1, 0.15) is 0 Å². The van der Waals surface area contributed by atoms with Gasteiger partial charge in [-0.3, -0.25) is 4.79 Å². The number of rotatable bonds is 11. The van der Waals surface area contributed by atoms with Crippen LogP contribution in [-0.2, 0) is 17.6 Å². The van der Waals surface area contributed by atoms with Crippen LogP contribution < -0.4 is 5.32 Å². The maximum absolute atomic E-state index is 12.3. The predicted octanol–water partition coefficient (Wildman–Crippen LogP) is 4.04. The Morgan fingerprint density at radius 3 is 2.85 bits per heavy atom. The first-order valence-corrected chi connectivity index (χ1v) is 13.1. The summed E-state index contributed by atoms with van der Waals surface area (Å²) in [6.45, 7) is 4.62. The molecule has 0 unspecified atom stereocenters. The lowest BCUT2D eigenvalue weighted by molar-refractivity contribution is -0.121. The maximum Gasteiger partial charge on any atom is 0.253 e. The molecule has 0 saturated heterocycles. The van der Waals surface area contributed by atoms with Crippen LogP contribution in [0.1, 0.15) is 48.5 Å². The molecule has 0 spiro atoms.